The van der Waals surface area contributed by atoms with Crippen molar-refractivity contribution in [3.8, 4) is 0 Å². The first kappa shape index (κ1) is 28.9. The second kappa shape index (κ2) is 14.1. The molecule has 0 fully saturated rings. The van der Waals surface area contributed by atoms with Crippen molar-refractivity contribution in [3.63, 3.8) is 0 Å². The van der Waals surface area contributed by atoms with Crippen molar-refractivity contribution in [2.24, 2.45) is 22.9 Å². The molecule has 12 nitrogen and oxygen atoms in total. The number of rotatable bonds is 12. The second-order valence-corrected chi connectivity index (χ2v) is 12.0. The second-order valence-electron chi connectivity index (χ2n) is 5.34. The van der Waals surface area contributed by atoms with Gasteiger partial charge in [-0.3, -0.25) is 0 Å². The van der Waals surface area contributed by atoms with Crippen LogP contribution >= 0.6 is 50.5 Å². The molecular formula is C12H24N4O8S4Sn. The molecule has 0 aliphatic heterocycles. The van der Waals surface area contributed by atoms with Crippen molar-refractivity contribution in [1.82, 2.24) is 0 Å². The summed E-state index contributed by atoms with van der Waals surface area (Å²) in [7, 11) is 0. The maximum atomic E-state index is 12.2. The van der Waals surface area contributed by atoms with E-state index in [1.807, 2.05) is 0 Å². The average molecular weight is 599 g/mol. The Kier molecular flexibility index (Phi) is 14.0. The van der Waals surface area contributed by atoms with Crippen LogP contribution in [-0.4, -0.2) is 91.1 Å². The molecule has 0 spiro atoms. The molecule has 0 rings (SSSR count). The zero-order valence-corrected chi connectivity index (χ0v) is 21.4. The van der Waals surface area contributed by atoms with Crippen molar-refractivity contribution in [3.05, 3.63) is 0 Å². The predicted octanol–water partition coefficient (Wildman–Crippen LogP) is -3.38. The van der Waals surface area contributed by atoms with Gasteiger partial charge in [0.05, 0.1) is 0 Å². The van der Waals surface area contributed by atoms with Crippen molar-refractivity contribution in [2.45, 2.75) is 24.2 Å². The number of thiol groups is 4. The third-order valence-electron chi connectivity index (χ3n) is 2.90. The van der Waals surface area contributed by atoms with Gasteiger partial charge in [0.2, 0.25) is 0 Å². The zero-order valence-electron chi connectivity index (χ0n) is 15.0. The average Bonchev–Trinajstić information content (AvgIpc) is 2.70. The standard InChI is InChI=1S/4C3H7NO2S.Sn/c4*4-2(1-7)3(5)6;/h4*2,7H,1,4H2,(H,5,6);/q;;;;+4/p-4/t4*2-;/m1111./s1. The summed E-state index contributed by atoms with van der Waals surface area (Å²) in [5.74, 6) is -5.55. The van der Waals surface area contributed by atoms with Crippen LogP contribution in [0, 0.1) is 0 Å². The van der Waals surface area contributed by atoms with Gasteiger partial charge < -0.3 is 0 Å². The first-order chi connectivity index (χ1) is 13.5. The van der Waals surface area contributed by atoms with Gasteiger partial charge in [0.25, 0.3) is 0 Å². The topological polar surface area (TPSA) is 209 Å². The van der Waals surface area contributed by atoms with E-state index in [-0.39, 0.29) is 23.0 Å². The molecule has 0 saturated heterocycles. The number of carbonyl (C=O) groups excluding carboxylic acids is 4. The zero-order chi connectivity index (χ0) is 22.8. The Morgan fingerprint density at radius 1 is 0.552 bits per heavy atom. The fourth-order valence-electron chi connectivity index (χ4n) is 1.22. The Balaban J connectivity index is 6.11. The summed E-state index contributed by atoms with van der Waals surface area (Å²) in [4.78, 5) is 48.8. The summed E-state index contributed by atoms with van der Waals surface area (Å²) >= 11 is 9.19. The van der Waals surface area contributed by atoms with Crippen molar-refractivity contribution < 1.29 is 31.5 Å². The summed E-state index contributed by atoms with van der Waals surface area (Å²) in [6, 6.07) is -5.27. The molecule has 0 aromatic rings. The van der Waals surface area contributed by atoms with E-state index in [0.717, 1.165) is 0 Å². The molecule has 17 heteroatoms. The molecule has 0 unspecified atom stereocenters. The first-order valence-electron chi connectivity index (χ1n) is 7.84. The third kappa shape index (κ3) is 9.72. The summed E-state index contributed by atoms with van der Waals surface area (Å²) in [5.41, 5.74) is 22.1. The molecular weight excluding hydrogens is 575 g/mol. The van der Waals surface area contributed by atoms with E-state index in [1.165, 1.54) is 0 Å². The van der Waals surface area contributed by atoms with Crippen molar-refractivity contribution in [2.75, 3.05) is 23.0 Å². The number of hydrogen-bond acceptors (Lipinski definition) is 16. The normalized spacial score (nSPS) is 15.4. The van der Waals surface area contributed by atoms with Crippen LogP contribution in [0.5, 0.6) is 0 Å². The Labute approximate surface area is 195 Å². The van der Waals surface area contributed by atoms with E-state index in [0.29, 0.717) is 0 Å². The Morgan fingerprint density at radius 2 is 0.724 bits per heavy atom. The molecule has 0 amide bonds. The SMILES string of the molecule is N[C@H](CS)C(=O)[O][Sn]([O]C(=O)[C@H](N)CS)([O]C(=O)[C@H](N)CS)[O]C(=O)[C@H](N)CS. The summed E-state index contributed by atoms with van der Waals surface area (Å²) in [5, 5.41) is 0. The number of hydrogen-bond donors (Lipinski definition) is 8. The van der Waals surface area contributed by atoms with Crippen LogP contribution < -0.4 is 22.9 Å². The van der Waals surface area contributed by atoms with Crippen LogP contribution in [0.25, 0.3) is 0 Å². The van der Waals surface area contributed by atoms with Gasteiger partial charge >= 0.3 is 196 Å². The van der Waals surface area contributed by atoms with Crippen LogP contribution in [0.4, 0.5) is 0 Å². The molecule has 0 heterocycles. The van der Waals surface area contributed by atoms with E-state index < -0.39 is 68.1 Å². The maximum absolute atomic E-state index is 12.2. The van der Waals surface area contributed by atoms with Gasteiger partial charge in [0.15, 0.2) is 0 Å². The molecule has 0 aromatic carbocycles. The molecule has 29 heavy (non-hydrogen) atoms. The molecule has 0 bridgehead atoms. The molecule has 4 atom stereocenters. The third-order valence-corrected chi connectivity index (χ3v) is 9.62. The minimum absolute atomic E-state index is 0.181. The molecule has 168 valence electrons. The monoisotopic (exact) mass is 600 g/mol. The van der Waals surface area contributed by atoms with Gasteiger partial charge in [0.1, 0.15) is 0 Å². The van der Waals surface area contributed by atoms with E-state index >= 15 is 0 Å². The summed E-state index contributed by atoms with van der Waals surface area (Å²) in [6.07, 6.45) is 0. The van der Waals surface area contributed by atoms with Crippen LogP contribution in [0.1, 0.15) is 0 Å². The Hall–Kier alpha value is -0.0813. The summed E-state index contributed by atoms with van der Waals surface area (Å²) < 4.78 is 20.1. The Morgan fingerprint density at radius 3 is 0.862 bits per heavy atom. The fraction of sp³-hybridized carbons (Fsp3) is 0.667. The van der Waals surface area contributed by atoms with Crippen molar-refractivity contribution in [1.29, 1.82) is 0 Å². The van der Waals surface area contributed by atoms with Gasteiger partial charge in [-0.05, 0) is 0 Å². The molecule has 0 aliphatic rings. The molecule has 8 N–H and O–H groups in total. The van der Waals surface area contributed by atoms with E-state index in [2.05, 4.69) is 50.5 Å². The minimum atomic E-state index is -6.18. The van der Waals surface area contributed by atoms with Gasteiger partial charge in [-0.15, -0.1) is 0 Å². The van der Waals surface area contributed by atoms with E-state index in [9.17, 15) is 19.2 Å². The predicted molar refractivity (Wildman–Crippen MR) is 117 cm³/mol. The first-order valence-corrected chi connectivity index (χ1v) is 15.0. The van der Waals surface area contributed by atoms with Crippen molar-refractivity contribution >= 4 is 94.4 Å². The van der Waals surface area contributed by atoms with Gasteiger partial charge in [-0.2, -0.15) is 0 Å². The summed E-state index contributed by atoms with van der Waals surface area (Å²) in [6.45, 7) is 0. The molecule has 0 saturated carbocycles. The molecule has 0 aromatic heterocycles. The van der Waals surface area contributed by atoms with Crippen LogP contribution in [0.3, 0.4) is 0 Å². The van der Waals surface area contributed by atoms with Gasteiger partial charge in [-0.1, -0.05) is 0 Å². The Bertz CT molecular complexity index is 503. The van der Waals surface area contributed by atoms with E-state index in [1.54, 1.807) is 0 Å². The number of nitrogens with two attached hydrogens (primary N) is 4. The van der Waals surface area contributed by atoms with Crippen LogP contribution in [0.2, 0.25) is 0 Å². The molecule has 0 aliphatic carbocycles. The van der Waals surface area contributed by atoms with E-state index in [4.69, 9.17) is 35.2 Å². The fourth-order valence-corrected chi connectivity index (χ4v) is 7.07. The van der Waals surface area contributed by atoms with Gasteiger partial charge in [0, 0.05) is 0 Å². The molecule has 0 radical (unpaired) electrons. The number of carbonyl (C=O) groups is 4. The van der Waals surface area contributed by atoms with Gasteiger partial charge in [-0.25, -0.2) is 0 Å². The van der Waals surface area contributed by atoms with Crippen LogP contribution in [-0.2, 0) is 31.5 Å². The van der Waals surface area contributed by atoms with Crippen LogP contribution in [0.15, 0.2) is 0 Å². The quantitative estimate of drug-likeness (QED) is 0.0817.